The van der Waals surface area contributed by atoms with Crippen LogP contribution in [0.4, 0.5) is 15.8 Å². The molecular weight excluding hydrogens is 189 g/mol. The van der Waals surface area contributed by atoms with Crippen molar-refractivity contribution in [2.75, 3.05) is 5.32 Å². The van der Waals surface area contributed by atoms with Crippen molar-refractivity contribution in [1.29, 1.82) is 0 Å². The summed E-state index contributed by atoms with van der Waals surface area (Å²) in [7, 11) is 0. The molecule has 0 aliphatic rings. The lowest BCUT2D eigenvalue weighted by atomic mass is 10.2. The van der Waals surface area contributed by atoms with Gasteiger partial charge in [0.15, 0.2) is 0 Å². The zero-order valence-corrected chi connectivity index (χ0v) is 8.50. The third-order valence-electron chi connectivity index (χ3n) is 2.15. The highest BCUT2D eigenvalue weighted by atomic mass is 19.1. The third-order valence-corrected chi connectivity index (χ3v) is 2.15. The average Bonchev–Trinajstić information content (AvgIpc) is 2.22. The number of halogens is 1. The van der Waals surface area contributed by atoms with Gasteiger partial charge in [-0.1, -0.05) is 12.1 Å². The number of hydrogen-bond acceptors (Lipinski definition) is 1. The number of hydrogen-bond donors (Lipinski definition) is 1. The molecule has 0 spiro atoms. The van der Waals surface area contributed by atoms with Crippen molar-refractivity contribution >= 4 is 11.4 Å². The standard InChI is InChI=1S/C13H12FN/c1-10-3-2-4-13(9-10)15-12-7-5-11(14)6-8-12/h2-9,15H,1H3. The van der Waals surface area contributed by atoms with Crippen molar-refractivity contribution in [3.63, 3.8) is 0 Å². The van der Waals surface area contributed by atoms with Gasteiger partial charge < -0.3 is 5.32 Å². The van der Waals surface area contributed by atoms with Crippen LogP contribution in [-0.2, 0) is 0 Å². The molecule has 0 atom stereocenters. The minimum atomic E-state index is -0.218. The van der Waals surface area contributed by atoms with Crippen LogP contribution < -0.4 is 5.32 Å². The smallest absolute Gasteiger partial charge is 0.123 e. The van der Waals surface area contributed by atoms with Gasteiger partial charge >= 0.3 is 0 Å². The van der Waals surface area contributed by atoms with E-state index in [2.05, 4.69) is 5.32 Å². The van der Waals surface area contributed by atoms with Crippen molar-refractivity contribution in [3.8, 4) is 0 Å². The van der Waals surface area contributed by atoms with E-state index in [9.17, 15) is 4.39 Å². The van der Waals surface area contributed by atoms with Crippen LogP contribution >= 0.6 is 0 Å². The fraction of sp³-hybridized carbons (Fsp3) is 0.0769. The Hall–Kier alpha value is -1.83. The molecule has 0 unspecified atom stereocenters. The second-order valence-electron chi connectivity index (χ2n) is 3.50. The van der Waals surface area contributed by atoms with Gasteiger partial charge in [-0.2, -0.15) is 0 Å². The number of benzene rings is 2. The molecule has 0 bridgehead atoms. The predicted molar refractivity (Wildman–Crippen MR) is 60.9 cm³/mol. The van der Waals surface area contributed by atoms with E-state index in [-0.39, 0.29) is 5.82 Å². The van der Waals surface area contributed by atoms with E-state index >= 15 is 0 Å². The molecule has 2 aromatic rings. The van der Waals surface area contributed by atoms with E-state index in [1.807, 2.05) is 31.2 Å². The molecule has 0 aliphatic carbocycles. The molecule has 0 aromatic heterocycles. The zero-order chi connectivity index (χ0) is 10.7. The highest BCUT2D eigenvalue weighted by Gasteiger charge is 1.95. The third kappa shape index (κ3) is 2.56. The van der Waals surface area contributed by atoms with Crippen LogP contribution in [0.2, 0.25) is 0 Å². The Labute approximate surface area is 88.6 Å². The SMILES string of the molecule is Cc1cccc(Nc2ccc(F)cc2)c1. The van der Waals surface area contributed by atoms with Gasteiger partial charge in [0, 0.05) is 11.4 Å². The Morgan fingerprint density at radius 2 is 1.67 bits per heavy atom. The van der Waals surface area contributed by atoms with Gasteiger partial charge in [0.25, 0.3) is 0 Å². The highest BCUT2D eigenvalue weighted by molar-refractivity contribution is 5.59. The molecule has 0 radical (unpaired) electrons. The van der Waals surface area contributed by atoms with Crippen molar-refractivity contribution in [2.45, 2.75) is 6.92 Å². The molecule has 0 fully saturated rings. The normalized spacial score (nSPS) is 10.0. The summed E-state index contributed by atoms with van der Waals surface area (Å²) in [4.78, 5) is 0. The number of nitrogens with one attached hydrogen (secondary N) is 1. The highest BCUT2D eigenvalue weighted by Crippen LogP contribution is 2.17. The Morgan fingerprint density at radius 3 is 2.33 bits per heavy atom. The molecule has 76 valence electrons. The van der Waals surface area contributed by atoms with Gasteiger partial charge in [0.05, 0.1) is 0 Å². The van der Waals surface area contributed by atoms with E-state index in [1.165, 1.54) is 17.7 Å². The molecule has 2 aromatic carbocycles. The predicted octanol–water partition coefficient (Wildman–Crippen LogP) is 3.88. The van der Waals surface area contributed by atoms with Gasteiger partial charge in [-0.3, -0.25) is 0 Å². The molecule has 0 saturated carbocycles. The van der Waals surface area contributed by atoms with Gasteiger partial charge in [-0.05, 0) is 48.9 Å². The van der Waals surface area contributed by atoms with Crippen LogP contribution in [0.3, 0.4) is 0 Å². The summed E-state index contributed by atoms with van der Waals surface area (Å²) in [5.74, 6) is -0.218. The number of aryl methyl sites for hydroxylation is 1. The summed E-state index contributed by atoms with van der Waals surface area (Å²) in [6.45, 7) is 2.04. The second-order valence-corrected chi connectivity index (χ2v) is 3.50. The van der Waals surface area contributed by atoms with Crippen LogP contribution in [0.1, 0.15) is 5.56 Å². The molecule has 0 heterocycles. The average molecular weight is 201 g/mol. The topological polar surface area (TPSA) is 12.0 Å². The fourth-order valence-electron chi connectivity index (χ4n) is 1.42. The van der Waals surface area contributed by atoms with E-state index in [1.54, 1.807) is 12.1 Å². The Kier molecular flexibility index (Phi) is 2.68. The first kappa shape index (κ1) is 9.71. The fourth-order valence-corrected chi connectivity index (χ4v) is 1.42. The lowest BCUT2D eigenvalue weighted by Gasteiger charge is -2.06. The maximum absolute atomic E-state index is 12.7. The molecule has 0 amide bonds. The van der Waals surface area contributed by atoms with Crippen molar-refractivity contribution in [2.24, 2.45) is 0 Å². The van der Waals surface area contributed by atoms with Crippen LogP contribution in [0.15, 0.2) is 48.5 Å². The van der Waals surface area contributed by atoms with Crippen molar-refractivity contribution < 1.29 is 4.39 Å². The summed E-state index contributed by atoms with van der Waals surface area (Å²) in [6.07, 6.45) is 0. The van der Waals surface area contributed by atoms with Crippen molar-refractivity contribution in [3.05, 3.63) is 59.9 Å². The minimum absolute atomic E-state index is 0.218. The first-order valence-corrected chi connectivity index (χ1v) is 4.83. The minimum Gasteiger partial charge on any atom is -0.356 e. The maximum Gasteiger partial charge on any atom is 0.123 e. The lowest BCUT2D eigenvalue weighted by molar-refractivity contribution is 0.628. The van der Waals surface area contributed by atoms with Gasteiger partial charge in [-0.15, -0.1) is 0 Å². The second kappa shape index (κ2) is 4.13. The van der Waals surface area contributed by atoms with Gasteiger partial charge in [0.2, 0.25) is 0 Å². The molecule has 2 rings (SSSR count). The number of rotatable bonds is 2. The summed E-state index contributed by atoms with van der Waals surface area (Å²) in [5.41, 5.74) is 3.10. The molecule has 0 saturated heterocycles. The molecule has 1 N–H and O–H groups in total. The summed E-state index contributed by atoms with van der Waals surface area (Å²) in [5, 5.41) is 3.21. The summed E-state index contributed by atoms with van der Waals surface area (Å²) >= 11 is 0. The van der Waals surface area contributed by atoms with Crippen LogP contribution in [-0.4, -0.2) is 0 Å². The summed E-state index contributed by atoms with van der Waals surface area (Å²) in [6, 6.07) is 14.4. The van der Waals surface area contributed by atoms with E-state index < -0.39 is 0 Å². The van der Waals surface area contributed by atoms with Crippen LogP contribution in [0.5, 0.6) is 0 Å². The first-order chi connectivity index (χ1) is 7.24. The molecule has 1 nitrogen and oxygen atoms in total. The van der Waals surface area contributed by atoms with Crippen LogP contribution in [0.25, 0.3) is 0 Å². The van der Waals surface area contributed by atoms with Gasteiger partial charge in [0.1, 0.15) is 5.82 Å². The molecule has 15 heavy (non-hydrogen) atoms. The lowest BCUT2D eigenvalue weighted by Crippen LogP contribution is -1.90. The Balaban J connectivity index is 2.18. The molecule has 2 heteroatoms. The molecular formula is C13H12FN. The Bertz CT molecular complexity index is 448. The van der Waals surface area contributed by atoms with E-state index in [0.717, 1.165) is 11.4 Å². The zero-order valence-electron chi connectivity index (χ0n) is 8.50. The summed E-state index contributed by atoms with van der Waals surface area (Å²) < 4.78 is 12.7. The largest absolute Gasteiger partial charge is 0.356 e. The number of anilines is 2. The van der Waals surface area contributed by atoms with Crippen LogP contribution in [0, 0.1) is 12.7 Å². The van der Waals surface area contributed by atoms with E-state index in [0.29, 0.717) is 0 Å². The quantitative estimate of drug-likeness (QED) is 0.777. The van der Waals surface area contributed by atoms with Crippen molar-refractivity contribution in [1.82, 2.24) is 0 Å². The maximum atomic E-state index is 12.7. The monoisotopic (exact) mass is 201 g/mol. The van der Waals surface area contributed by atoms with E-state index in [4.69, 9.17) is 0 Å². The molecule has 0 aliphatic heterocycles. The first-order valence-electron chi connectivity index (χ1n) is 4.83. The Morgan fingerprint density at radius 1 is 0.933 bits per heavy atom. The van der Waals surface area contributed by atoms with Gasteiger partial charge in [-0.25, -0.2) is 4.39 Å².